The minimum atomic E-state index is -0.363. The second-order valence-corrected chi connectivity index (χ2v) is 6.20. The van der Waals surface area contributed by atoms with Crippen molar-refractivity contribution in [2.75, 3.05) is 49.2 Å². The number of hydrogen-bond donors (Lipinski definition) is 0. The molecule has 0 unspecified atom stereocenters. The van der Waals surface area contributed by atoms with E-state index in [9.17, 15) is 0 Å². The van der Waals surface area contributed by atoms with Crippen molar-refractivity contribution in [3.05, 3.63) is 6.20 Å². The third-order valence-corrected chi connectivity index (χ3v) is 4.47. The van der Waals surface area contributed by atoms with Gasteiger partial charge in [0.2, 0.25) is 5.95 Å². The minimum absolute atomic E-state index is 0.363. The third kappa shape index (κ3) is 3.72. The Labute approximate surface area is 138 Å². The summed E-state index contributed by atoms with van der Waals surface area (Å²) >= 11 is 0. The molecule has 23 heavy (non-hydrogen) atoms. The third-order valence-electron chi connectivity index (χ3n) is 4.47. The number of aromatic nitrogens is 3. The zero-order chi connectivity index (χ0) is 16.1. The maximum atomic E-state index is 5.78. The summed E-state index contributed by atoms with van der Waals surface area (Å²) in [5.41, 5.74) is 0. The molecule has 0 N–H and O–H groups in total. The Morgan fingerprint density at radius 2 is 1.78 bits per heavy atom. The average molecular weight is 321 g/mol. The van der Waals surface area contributed by atoms with Crippen molar-refractivity contribution >= 4 is 11.8 Å². The van der Waals surface area contributed by atoms with Crippen LogP contribution in [0.3, 0.4) is 0 Å². The smallest absolute Gasteiger partial charge is 0.247 e. The van der Waals surface area contributed by atoms with Crippen LogP contribution in [0.25, 0.3) is 0 Å². The van der Waals surface area contributed by atoms with Crippen molar-refractivity contribution < 1.29 is 9.47 Å². The maximum Gasteiger partial charge on any atom is 0.247 e. The summed E-state index contributed by atoms with van der Waals surface area (Å²) in [6, 6.07) is 0. The van der Waals surface area contributed by atoms with E-state index in [1.165, 1.54) is 0 Å². The van der Waals surface area contributed by atoms with Gasteiger partial charge in [-0.25, -0.2) is 0 Å². The van der Waals surface area contributed by atoms with Gasteiger partial charge in [-0.15, -0.1) is 5.10 Å². The van der Waals surface area contributed by atoms with Gasteiger partial charge in [-0.3, -0.25) is 0 Å². The summed E-state index contributed by atoms with van der Waals surface area (Å²) in [6.07, 6.45) is 5.67. The van der Waals surface area contributed by atoms with Gasteiger partial charge in [-0.1, -0.05) is 13.8 Å². The number of nitrogens with zero attached hydrogens (tertiary/aromatic N) is 5. The monoisotopic (exact) mass is 321 g/mol. The highest BCUT2D eigenvalue weighted by atomic mass is 16.7. The van der Waals surface area contributed by atoms with E-state index in [-0.39, 0.29) is 5.79 Å². The fourth-order valence-corrected chi connectivity index (χ4v) is 3.29. The van der Waals surface area contributed by atoms with Gasteiger partial charge in [-0.05, 0) is 12.8 Å². The molecule has 0 bridgehead atoms. The largest absolute Gasteiger partial charge is 0.355 e. The van der Waals surface area contributed by atoms with Crippen LogP contribution >= 0.6 is 0 Å². The van der Waals surface area contributed by atoms with Crippen LogP contribution in [0.4, 0.5) is 11.8 Å². The van der Waals surface area contributed by atoms with Crippen molar-refractivity contribution in [2.24, 2.45) is 0 Å². The normalized spacial score (nSPS) is 20.2. The van der Waals surface area contributed by atoms with E-state index in [0.717, 1.165) is 57.7 Å². The van der Waals surface area contributed by atoms with Gasteiger partial charge in [0.25, 0.3) is 0 Å². The molecule has 1 aromatic heterocycles. The molecule has 0 atom stereocenters. The Hall–Kier alpha value is -1.47. The molecule has 7 nitrogen and oxygen atoms in total. The molecular formula is C16H27N5O2. The Kier molecular flexibility index (Phi) is 5.27. The van der Waals surface area contributed by atoms with Crippen LogP contribution in [-0.2, 0) is 9.47 Å². The van der Waals surface area contributed by atoms with Crippen LogP contribution in [0.5, 0.6) is 0 Å². The number of hydrogen-bond acceptors (Lipinski definition) is 7. The van der Waals surface area contributed by atoms with Crippen LogP contribution in [0, 0.1) is 0 Å². The highest BCUT2D eigenvalue weighted by Gasteiger charge is 2.40. The molecule has 0 saturated carbocycles. The van der Waals surface area contributed by atoms with Crippen molar-refractivity contribution in [1.29, 1.82) is 0 Å². The number of piperidine rings is 1. The lowest BCUT2D eigenvalue weighted by Crippen LogP contribution is -2.45. The van der Waals surface area contributed by atoms with Crippen molar-refractivity contribution in [3.8, 4) is 0 Å². The number of ether oxygens (including phenoxy) is 2. The Morgan fingerprint density at radius 3 is 2.39 bits per heavy atom. The zero-order valence-electron chi connectivity index (χ0n) is 14.2. The van der Waals surface area contributed by atoms with Gasteiger partial charge in [-0.2, -0.15) is 10.1 Å². The van der Waals surface area contributed by atoms with E-state index >= 15 is 0 Å². The van der Waals surface area contributed by atoms with E-state index in [1.54, 1.807) is 6.20 Å². The fraction of sp³-hybridized carbons (Fsp3) is 0.812. The van der Waals surface area contributed by atoms with Gasteiger partial charge in [0.05, 0.1) is 19.4 Å². The summed E-state index contributed by atoms with van der Waals surface area (Å²) in [5.74, 6) is 1.28. The molecule has 128 valence electrons. The molecule has 1 aromatic rings. The Morgan fingerprint density at radius 1 is 1.13 bits per heavy atom. The highest BCUT2D eigenvalue weighted by molar-refractivity contribution is 5.41. The molecule has 3 rings (SSSR count). The van der Waals surface area contributed by atoms with E-state index in [4.69, 9.17) is 14.5 Å². The highest BCUT2D eigenvalue weighted by Crippen LogP contribution is 2.32. The lowest BCUT2D eigenvalue weighted by molar-refractivity contribution is -0.169. The molecule has 2 aliphatic heterocycles. The van der Waals surface area contributed by atoms with Crippen LogP contribution in [0.2, 0.25) is 0 Å². The second kappa shape index (κ2) is 7.40. The van der Waals surface area contributed by atoms with E-state index < -0.39 is 0 Å². The first-order valence-corrected chi connectivity index (χ1v) is 8.74. The molecular weight excluding hydrogens is 294 g/mol. The van der Waals surface area contributed by atoms with Crippen molar-refractivity contribution in [2.45, 2.75) is 45.3 Å². The van der Waals surface area contributed by atoms with E-state index in [0.29, 0.717) is 19.2 Å². The topological polar surface area (TPSA) is 63.6 Å². The first kappa shape index (κ1) is 16.4. The van der Waals surface area contributed by atoms with Crippen LogP contribution in [-0.4, -0.2) is 60.4 Å². The van der Waals surface area contributed by atoms with Gasteiger partial charge in [0, 0.05) is 39.0 Å². The molecule has 2 aliphatic rings. The molecule has 7 heteroatoms. The van der Waals surface area contributed by atoms with Crippen LogP contribution in [0.1, 0.15) is 39.5 Å². The van der Waals surface area contributed by atoms with Gasteiger partial charge < -0.3 is 19.3 Å². The zero-order valence-corrected chi connectivity index (χ0v) is 14.2. The average Bonchev–Trinajstić information content (AvgIpc) is 3.04. The quantitative estimate of drug-likeness (QED) is 0.792. The number of anilines is 2. The molecule has 2 saturated heterocycles. The first-order valence-electron chi connectivity index (χ1n) is 8.74. The predicted octanol–water partition coefficient (Wildman–Crippen LogP) is 1.84. The van der Waals surface area contributed by atoms with Gasteiger partial charge in [0.15, 0.2) is 11.6 Å². The molecule has 0 aromatic carbocycles. The standard InChI is InChI=1S/C16H27N5O2/c1-3-7-20(8-4-2)14-13-17-19-15(18-14)21-9-5-16(6-10-21)22-11-12-23-16/h13H,3-12H2,1-2H3. The summed E-state index contributed by atoms with van der Waals surface area (Å²) in [5, 5.41) is 8.41. The molecule has 3 heterocycles. The van der Waals surface area contributed by atoms with Gasteiger partial charge >= 0.3 is 0 Å². The Balaban J connectivity index is 1.67. The second-order valence-electron chi connectivity index (χ2n) is 6.20. The Bertz CT molecular complexity index is 491. The summed E-state index contributed by atoms with van der Waals surface area (Å²) in [7, 11) is 0. The van der Waals surface area contributed by atoms with E-state index in [2.05, 4.69) is 33.8 Å². The van der Waals surface area contributed by atoms with Gasteiger partial charge in [0.1, 0.15) is 0 Å². The maximum absolute atomic E-state index is 5.78. The first-order chi connectivity index (χ1) is 11.3. The van der Waals surface area contributed by atoms with Crippen LogP contribution in [0.15, 0.2) is 6.20 Å². The molecule has 0 radical (unpaired) electrons. The molecule has 0 amide bonds. The summed E-state index contributed by atoms with van der Waals surface area (Å²) in [4.78, 5) is 9.21. The fourth-order valence-electron chi connectivity index (χ4n) is 3.29. The molecule has 2 fully saturated rings. The predicted molar refractivity (Wildman–Crippen MR) is 88.7 cm³/mol. The van der Waals surface area contributed by atoms with Crippen molar-refractivity contribution in [1.82, 2.24) is 15.2 Å². The summed E-state index contributed by atoms with van der Waals surface area (Å²) in [6.45, 7) is 9.45. The van der Waals surface area contributed by atoms with Crippen LogP contribution < -0.4 is 9.80 Å². The minimum Gasteiger partial charge on any atom is -0.355 e. The lowest BCUT2D eigenvalue weighted by Gasteiger charge is -2.37. The molecule has 0 aliphatic carbocycles. The summed E-state index contributed by atoms with van der Waals surface area (Å²) < 4.78 is 11.6. The molecule has 1 spiro atoms. The van der Waals surface area contributed by atoms with E-state index in [1.807, 2.05) is 0 Å². The SMILES string of the molecule is CCCN(CCC)c1cnnc(N2CCC3(CC2)OCCO3)n1. The number of rotatable bonds is 6. The lowest BCUT2D eigenvalue weighted by atomic mass is 10.0. The van der Waals surface area contributed by atoms with Crippen molar-refractivity contribution in [3.63, 3.8) is 0 Å².